The molecule has 1 atom stereocenters. The van der Waals surface area contributed by atoms with Crippen molar-refractivity contribution in [1.29, 1.82) is 0 Å². The fourth-order valence-corrected chi connectivity index (χ4v) is 3.69. The van der Waals surface area contributed by atoms with Crippen LogP contribution in [0.4, 0.5) is 17.2 Å². The van der Waals surface area contributed by atoms with Crippen molar-refractivity contribution < 1.29 is 9.53 Å². The van der Waals surface area contributed by atoms with Gasteiger partial charge in [0.2, 0.25) is 0 Å². The first-order valence-corrected chi connectivity index (χ1v) is 10.1. The maximum Gasteiger partial charge on any atom is 0.255 e. The van der Waals surface area contributed by atoms with E-state index < -0.39 is 0 Å². The molecular weight excluding hydrogens is 400 g/mol. The van der Waals surface area contributed by atoms with Gasteiger partial charge < -0.3 is 20.7 Å². The minimum Gasteiger partial charge on any atom is -0.482 e. The van der Waals surface area contributed by atoms with Crippen molar-refractivity contribution in [3.05, 3.63) is 76.4 Å². The number of nitrogen functional groups attached to an aromatic ring is 1. The molecule has 0 spiro atoms. The van der Waals surface area contributed by atoms with Gasteiger partial charge in [0.1, 0.15) is 6.10 Å². The van der Waals surface area contributed by atoms with Crippen LogP contribution in [0.15, 0.2) is 54.7 Å². The van der Waals surface area contributed by atoms with E-state index in [1.54, 1.807) is 6.07 Å². The summed E-state index contributed by atoms with van der Waals surface area (Å²) in [6.45, 7) is 2.88. The lowest BCUT2D eigenvalue weighted by Crippen LogP contribution is -2.15. The average molecular weight is 423 g/mol. The van der Waals surface area contributed by atoms with Gasteiger partial charge in [-0.2, -0.15) is 0 Å². The standard InChI is InChI=1S/C23H23ClN4O2/c1-14(30-21-12-18(24)13-26-22(21)25)16-4-3-5-19(10-16)27-23(29)17-7-6-15-8-9-28(2)20(15)11-17/h3-7,10-14H,8-9H2,1-2H3,(H2,25,26)(H,27,29). The second-order valence-electron chi connectivity index (χ2n) is 7.39. The first kappa shape index (κ1) is 20.0. The molecule has 30 heavy (non-hydrogen) atoms. The van der Waals surface area contributed by atoms with Crippen LogP contribution in [0.3, 0.4) is 0 Å². The number of rotatable bonds is 5. The molecule has 2 aromatic carbocycles. The summed E-state index contributed by atoms with van der Waals surface area (Å²) in [5, 5.41) is 3.42. The van der Waals surface area contributed by atoms with E-state index in [0.717, 1.165) is 24.2 Å². The van der Waals surface area contributed by atoms with Crippen LogP contribution in [0.25, 0.3) is 0 Å². The van der Waals surface area contributed by atoms with Crippen molar-refractivity contribution >= 4 is 34.7 Å². The number of hydrogen-bond acceptors (Lipinski definition) is 5. The molecule has 1 aliphatic heterocycles. The van der Waals surface area contributed by atoms with Crippen LogP contribution in [-0.2, 0) is 6.42 Å². The minimum absolute atomic E-state index is 0.146. The molecule has 1 aromatic heterocycles. The number of carbonyl (C=O) groups is 1. The number of likely N-dealkylation sites (N-methyl/N-ethyl adjacent to an activating group) is 1. The number of ether oxygens (including phenoxy) is 1. The number of nitrogens with two attached hydrogens (primary N) is 1. The maximum absolute atomic E-state index is 12.8. The largest absolute Gasteiger partial charge is 0.482 e. The van der Waals surface area contributed by atoms with Gasteiger partial charge in [-0.1, -0.05) is 29.8 Å². The molecule has 1 amide bonds. The summed E-state index contributed by atoms with van der Waals surface area (Å²) < 4.78 is 5.93. The summed E-state index contributed by atoms with van der Waals surface area (Å²) in [6.07, 6.45) is 2.18. The van der Waals surface area contributed by atoms with E-state index in [0.29, 0.717) is 22.0 Å². The third-order valence-corrected chi connectivity index (χ3v) is 5.45. The van der Waals surface area contributed by atoms with Gasteiger partial charge in [0.25, 0.3) is 5.91 Å². The summed E-state index contributed by atoms with van der Waals surface area (Å²) in [7, 11) is 2.04. The Balaban J connectivity index is 1.49. The van der Waals surface area contributed by atoms with Crippen LogP contribution in [0.1, 0.15) is 34.5 Å². The van der Waals surface area contributed by atoms with Gasteiger partial charge in [-0.05, 0) is 48.7 Å². The Bertz CT molecular complexity index is 1100. The van der Waals surface area contributed by atoms with Gasteiger partial charge in [-0.15, -0.1) is 0 Å². The quantitative estimate of drug-likeness (QED) is 0.622. The Morgan fingerprint density at radius 3 is 2.93 bits per heavy atom. The Labute approximate surface area is 180 Å². The van der Waals surface area contributed by atoms with Gasteiger partial charge in [0.05, 0.1) is 5.02 Å². The van der Waals surface area contributed by atoms with Crippen LogP contribution >= 0.6 is 11.6 Å². The van der Waals surface area contributed by atoms with Gasteiger partial charge >= 0.3 is 0 Å². The fourth-order valence-electron chi connectivity index (χ4n) is 3.54. The number of amides is 1. The number of halogens is 1. The maximum atomic E-state index is 12.8. The van der Waals surface area contributed by atoms with Crippen LogP contribution in [-0.4, -0.2) is 24.5 Å². The third kappa shape index (κ3) is 4.19. The van der Waals surface area contributed by atoms with Crippen LogP contribution in [0.5, 0.6) is 5.75 Å². The van der Waals surface area contributed by atoms with Gasteiger partial charge in [-0.25, -0.2) is 4.98 Å². The first-order chi connectivity index (χ1) is 14.4. The predicted molar refractivity (Wildman–Crippen MR) is 121 cm³/mol. The Morgan fingerprint density at radius 2 is 2.10 bits per heavy atom. The molecule has 3 N–H and O–H groups in total. The number of pyridine rings is 1. The summed E-state index contributed by atoms with van der Waals surface area (Å²) >= 11 is 5.98. The molecule has 0 aliphatic carbocycles. The highest BCUT2D eigenvalue weighted by molar-refractivity contribution is 6.30. The molecule has 2 heterocycles. The number of nitrogens with zero attached hydrogens (tertiary/aromatic N) is 2. The highest BCUT2D eigenvalue weighted by Crippen LogP contribution is 2.30. The molecular formula is C23H23ClN4O2. The number of carbonyl (C=O) groups excluding carboxylic acids is 1. The monoisotopic (exact) mass is 422 g/mol. The summed E-state index contributed by atoms with van der Waals surface area (Å²) in [6, 6.07) is 15.0. The third-order valence-electron chi connectivity index (χ3n) is 5.24. The normalized spacial score (nSPS) is 13.6. The number of benzene rings is 2. The van der Waals surface area contributed by atoms with E-state index in [-0.39, 0.29) is 17.8 Å². The van der Waals surface area contributed by atoms with E-state index in [4.69, 9.17) is 22.1 Å². The molecule has 1 aliphatic rings. The first-order valence-electron chi connectivity index (χ1n) is 9.74. The number of aromatic nitrogens is 1. The second kappa shape index (κ2) is 8.24. The SMILES string of the molecule is CC(Oc1cc(Cl)cnc1N)c1cccc(NC(=O)c2ccc3c(c2)N(C)CC3)c1. The smallest absolute Gasteiger partial charge is 0.255 e. The Hall–Kier alpha value is -3.25. The molecule has 154 valence electrons. The second-order valence-corrected chi connectivity index (χ2v) is 7.83. The van der Waals surface area contributed by atoms with Crippen LogP contribution in [0.2, 0.25) is 5.02 Å². The number of fused-ring (bicyclic) bond motifs is 1. The molecule has 4 rings (SSSR count). The zero-order valence-corrected chi connectivity index (χ0v) is 17.6. The lowest BCUT2D eigenvalue weighted by atomic mass is 10.1. The Morgan fingerprint density at radius 1 is 1.27 bits per heavy atom. The zero-order chi connectivity index (χ0) is 21.3. The number of nitrogens with one attached hydrogen (secondary N) is 1. The molecule has 0 radical (unpaired) electrons. The van der Waals surface area contributed by atoms with Crippen molar-refractivity contribution in [1.82, 2.24) is 4.98 Å². The number of anilines is 3. The lowest BCUT2D eigenvalue weighted by molar-refractivity contribution is 0.102. The van der Waals surface area contributed by atoms with Crippen molar-refractivity contribution in [2.24, 2.45) is 0 Å². The lowest BCUT2D eigenvalue weighted by Gasteiger charge is -2.17. The summed E-state index contributed by atoms with van der Waals surface area (Å²) in [5.74, 6) is 0.552. The van der Waals surface area contributed by atoms with Crippen molar-refractivity contribution in [2.75, 3.05) is 29.5 Å². The molecule has 0 saturated carbocycles. The molecule has 0 fully saturated rings. The number of hydrogen-bond donors (Lipinski definition) is 2. The molecule has 7 heteroatoms. The zero-order valence-electron chi connectivity index (χ0n) is 16.9. The van der Waals surface area contributed by atoms with Crippen LogP contribution in [0, 0.1) is 0 Å². The predicted octanol–water partition coefficient (Wildman–Crippen LogP) is 4.70. The molecule has 1 unspecified atom stereocenters. The fraction of sp³-hybridized carbons (Fsp3) is 0.217. The van der Waals surface area contributed by atoms with Crippen molar-refractivity contribution in [2.45, 2.75) is 19.4 Å². The molecule has 0 saturated heterocycles. The average Bonchev–Trinajstić information content (AvgIpc) is 3.11. The van der Waals surface area contributed by atoms with E-state index in [9.17, 15) is 4.79 Å². The molecule has 6 nitrogen and oxygen atoms in total. The summed E-state index contributed by atoms with van der Waals surface area (Å²) in [4.78, 5) is 18.9. The highest BCUT2D eigenvalue weighted by Gasteiger charge is 2.18. The van der Waals surface area contributed by atoms with E-state index in [2.05, 4.69) is 15.2 Å². The van der Waals surface area contributed by atoms with Crippen molar-refractivity contribution in [3.63, 3.8) is 0 Å². The highest BCUT2D eigenvalue weighted by atomic mass is 35.5. The Kier molecular flexibility index (Phi) is 5.50. The van der Waals surface area contributed by atoms with Gasteiger partial charge in [0.15, 0.2) is 11.6 Å². The van der Waals surface area contributed by atoms with Crippen molar-refractivity contribution in [3.8, 4) is 5.75 Å². The topological polar surface area (TPSA) is 80.5 Å². The minimum atomic E-state index is -0.307. The van der Waals surface area contributed by atoms with Gasteiger partial charge in [0, 0.05) is 42.8 Å². The van der Waals surface area contributed by atoms with Gasteiger partial charge in [-0.3, -0.25) is 4.79 Å². The molecule has 3 aromatic rings. The van der Waals surface area contributed by atoms with E-state index in [1.807, 2.05) is 56.4 Å². The van der Waals surface area contributed by atoms with E-state index >= 15 is 0 Å². The van der Waals surface area contributed by atoms with Crippen LogP contribution < -0.4 is 20.7 Å². The van der Waals surface area contributed by atoms with E-state index in [1.165, 1.54) is 11.8 Å². The summed E-state index contributed by atoms with van der Waals surface area (Å²) in [5.41, 5.74) is 10.5. The molecule has 0 bridgehead atoms.